The molecule has 4 aromatic rings. The quantitative estimate of drug-likeness (QED) is 0.242. The van der Waals surface area contributed by atoms with Crippen LogP contribution in [0.1, 0.15) is 31.2 Å². The van der Waals surface area contributed by atoms with Crippen LogP contribution in [0, 0.1) is 11.8 Å². The molecule has 0 aliphatic heterocycles. The number of nitrogens with one attached hydrogen (secondary N) is 3. The standard InChI is InChI=1S/C29H31ClN8O2/c30-25-17-32-14-13-24(25)20-5-1-18(2-6-20)15-26(34-28(39)22-7-3-19(16-31)4-8-22)29(40)33-23-11-9-21(10-12-23)27-35-37-38-36-27/h1-2,5-6,9-14,17,19,22,26H,3-4,7-8,15-16,31H2,(H,33,40)(H,34,39)(H,35,36,37,38)/t19?,22?,26-/m0/s1. The monoisotopic (exact) mass is 558 g/mol. The molecular weight excluding hydrogens is 528 g/mol. The van der Waals surface area contributed by atoms with Crippen LogP contribution < -0.4 is 16.4 Å². The molecular formula is C29H31ClN8O2. The summed E-state index contributed by atoms with van der Waals surface area (Å²) < 4.78 is 0. The van der Waals surface area contributed by atoms with Crippen molar-refractivity contribution in [2.45, 2.75) is 38.1 Å². The fourth-order valence-electron chi connectivity index (χ4n) is 5.04. The van der Waals surface area contributed by atoms with Crippen molar-refractivity contribution in [2.24, 2.45) is 17.6 Å². The zero-order chi connectivity index (χ0) is 27.9. The number of amides is 2. The van der Waals surface area contributed by atoms with Gasteiger partial charge in [0, 0.05) is 41.5 Å². The predicted molar refractivity (Wildman–Crippen MR) is 153 cm³/mol. The number of tetrazole rings is 1. The highest BCUT2D eigenvalue weighted by Crippen LogP contribution is 2.29. The predicted octanol–water partition coefficient (Wildman–Crippen LogP) is 4.01. The van der Waals surface area contributed by atoms with Gasteiger partial charge >= 0.3 is 0 Å². The number of benzene rings is 2. The van der Waals surface area contributed by atoms with Crippen LogP contribution in [0.3, 0.4) is 0 Å². The van der Waals surface area contributed by atoms with Crippen molar-refractivity contribution < 1.29 is 9.59 Å². The van der Waals surface area contributed by atoms with Crippen molar-refractivity contribution in [3.63, 3.8) is 0 Å². The molecule has 2 aromatic carbocycles. The average Bonchev–Trinajstić information content (AvgIpc) is 3.53. The summed E-state index contributed by atoms with van der Waals surface area (Å²) in [6.07, 6.45) is 7.05. The molecule has 1 atom stereocenters. The number of carbonyl (C=O) groups excluding carboxylic acids is 2. The molecule has 5 N–H and O–H groups in total. The number of carbonyl (C=O) groups is 2. The number of anilines is 1. The molecule has 2 amide bonds. The topological polar surface area (TPSA) is 152 Å². The third-order valence-corrected chi connectivity index (χ3v) is 7.72. The second-order valence-corrected chi connectivity index (χ2v) is 10.5. The van der Waals surface area contributed by atoms with Crippen molar-refractivity contribution in [3.8, 4) is 22.5 Å². The minimum Gasteiger partial charge on any atom is -0.344 e. The number of nitrogens with two attached hydrogens (primary N) is 1. The first kappa shape index (κ1) is 27.4. The molecule has 40 heavy (non-hydrogen) atoms. The zero-order valence-corrected chi connectivity index (χ0v) is 22.6. The van der Waals surface area contributed by atoms with Crippen LogP contribution in [0.25, 0.3) is 22.5 Å². The van der Waals surface area contributed by atoms with E-state index in [4.69, 9.17) is 17.3 Å². The second kappa shape index (κ2) is 12.8. The molecule has 1 fully saturated rings. The molecule has 0 unspecified atom stereocenters. The van der Waals surface area contributed by atoms with E-state index in [1.807, 2.05) is 30.3 Å². The van der Waals surface area contributed by atoms with Crippen molar-refractivity contribution in [1.29, 1.82) is 0 Å². The van der Waals surface area contributed by atoms with Crippen molar-refractivity contribution in [2.75, 3.05) is 11.9 Å². The number of hydrogen-bond donors (Lipinski definition) is 4. The van der Waals surface area contributed by atoms with Gasteiger partial charge in [-0.25, -0.2) is 0 Å². The van der Waals surface area contributed by atoms with Gasteiger partial charge in [-0.1, -0.05) is 35.9 Å². The summed E-state index contributed by atoms with van der Waals surface area (Å²) >= 11 is 6.31. The first-order valence-electron chi connectivity index (χ1n) is 13.3. The van der Waals surface area contributed by atoms with E-state index >= 15 is 0 Å². The van der Waals surface area contributed by atoms with Crippen molar-refractivity contribution in [3.05, 3.63) is 77.6 Å². The van der Waals surface area contributed by atoms with Gasteiger partial charge in [0.05, 0.1) is 5.02 Å². The maximum absolute atomic E-state index is 13.5. The van der Waals surface area contributed by atoms with Crippen LogP contribution in [0.5, 0.6) is 0 Å². The third-order valence-electron chi connectivity index (χ3n) is 7.42. The smallest absolute Gasteiger partial charge is 0.247 e. The summed E-state index contributed by atoms with van der Waals surface area (Å²) in [7, 11) is 0. The average molecular weight is 559 g/mol. The van der Waals surface area contributed by atoms with Crippen molar-refractivity contribution in [1.82, 2.24) is 30.9 Å². The second-order valence-electron chi connectivity index (χ2n) is 10.1. The maximum Gasteiger partial charge on any atom is 0.247 e. The Morgan fingerprint density at radius 2 is 1.73 bits per heavy atom. The Balaban J connectivity index is 1.30. The van der Waals surface area contributed by atoms with E-state index in [1.54, 1.807) is 36.7 Å². The molecule has 0 spiro atoms. The Labute approximate surface area is 237 Å². The first-order valence-corrected chi connectivity index (χ1v) is 13.7. The molecule has 5 rings (SSSR count). The van der Waals surface area contributed by atoms with Gasteiger partial charge in [0.2, 0.25) is 17.6 Å². The third kappa shape index (κ3) is 6.70. The van der Waals surface area contributed by atoms with Crippen LogP contribution >= 0.6 is 11.6 Å². The van der Waals surface area contributed by atoms with Gasteiger partial charge in [0.1, 0.15) is 6.04 Å². The first-order chi connectivity index (χ1) is 19.5. The lowest BCUT2D eigenvalue weighted by Gasteiger charge is -2.28. The Hall–Kier alpha value is -4.15. The van der Waals surface area contributed by atoms with Crippen LogP contribution in [0.4, 0.5) is 5.69 Å². The van der Waals surface area contributed by atoms with Gasteiger partial charge in [-0.3, -0.25) is 14.6 Å². The molecule has 0 radical (unpaired) electrons. The molecule has 2 heterocycles. The van der Waals surface area contributed by atoms with E-state index in [0.29, 0.717) is 35.4 Å². The van der Waals surface area contributed by atoms with E-state index in [9.17, 15) is 9.59 Å². The Morgan fingerprint density at radius 1 is 1.00 bits per heavy atom. The largest absolute Gasteiger partial charge is 0.344 e. The number of aromatic nitrogens is 5. The van der Waals surface area contributed by atoms with E-state index in [0.717, 1.165) is 47.9 Å². The van der Waals surface area contributed by atoms with Gasteiger partial charge in [-0.2, -0.15) is 5.21 Å². The van der Waals surface area contributed by atoms with Gasteiger partial charge < -0.3 is 16.4 Å². The van der Waals surface area contributed by atoms with Gasteiger partial charge in [0.15, 0.2) is 0 Å². The highest BCUT2D eigenvalue weighted by atomic mass is 35.5. The molecule has 206 valence electrons. The van der Waals surface area contributed by atoms with Gasteiger partial charge in [-0.05, 0) is 84.8 Å². The number of H-pyrrole nitrogens is 1. The van der Waals surface area contributed by atoms with Crippen molar-refractivity contribution >= 4 is 29.1 Å². The molecule has 1 aliphatic carbocycles. The van der Waals surface area contributed by atoms with Crippen LogP contribution in [-0.4, -0.2) is 50.0 Å². The lowest BCUT2D eigenvalue weighted by molar-refractivity contribution is -0.130. The summed E-state index contributed by atoms with van der Waals surface area (Å²) in [5.41, 5.74) is 9.92. The van der Waals surface area contributed by atoms with E-state index in [-0.39, 0.29) is 17.7 Å². The van der Waals surface area contributed by atoms with Crippen LogP contribution in [0.15, 0.2) is 67.0 Å². The van der Waals surface area contributed by atoms with E-state index < -0.39 is 6.04 Å². The molecule has 0 bridgehead atoms. The highest BCUT2D eigenvalue weighted by Gasteiger charge is 2.29. The molecule has 0 saturated heterocycles. The van der Waals surface area contributed by atoms with Gasteiger partial charge in [-0.15, -0.1) is 10.2 Å². The lowest BCUT2D eigenvalue weighted by Crippen LogP contribution is -2.48. The fraction of sp³-hybridized carbons (Fsp3) is 0.310. The minimum absolute atomic E-state index is 0.0942. The molecule has 11 heteroatoms. The summed E-state index contributed by atoms with van der Waals surface area (Å²) in [4.78, 5) is 30.8. The lowest BCUT2D eigenvalue weighted by atomic mass is 9.81. The minimum atomic E-state index is -0.757. The van der Waals surface area contributed by atoms with Crippen LogP contribution in [-0.2, 0) is 16.0 Å². The number of halogens is 1. The summed E-state index contributed by atoms with van der Waals surface area (Å²) in [6, 6.07) is 16.0. The maximum atomic E-state index is 13.5. The highest BCUT2D eigenvalue weighted by molar-refractivity contribution is 6.33. The molecule has 1 aliphatic rings. The summed E-state index contributed by atoms with van der Waals surface area (Å²) in [6.45, 7) is 0.644. The number of aromatic amines is 1. The fourth-order valence-corrected chi connectivity index (χ4v) is 5.27. The number of hydrogen-bond acceptors (Lipinski definition) is 7. The number of nitrogens with zero attached hydrogens (tertiary/aromatic N) is 4. The molecule has 2 aromatic heterocycles. The summed E-state index contributed by atoms with van der Waals surface area (Å²) in [5.74, 6) is 0.416. The Bertz CT molecular complexity index is 1420. The van der Waals surface area contributed by atoms with Gasteiger partial charge in [0.25, 0.3) is 0 Å². The normalized spacial score (nSPS) is 17.6. The summed E-state index contributed by atoms with van der Waals surface area (Å²) in [5, 5.41) is 20.5. The van der Waals surface area contributed by atoms with E-state index in [1.165, 1.54) is 0 Å². The molecule has 10 nitrogen and oxygen atoms in total. The van der Waals surface area contributed by atoms with Crippen LogP contribution in [0.2, 0.25) is 5.02 Å². The number of rotatable bonds is 9. The molecule has 1 saturated carbocycles. The number of pyridine rings is 1. The Morgan fingerprint density at radius 3 is 2.38 bits per heavy atom. The SMILES string of the molecule is NCC1CCC(C(=O)N[C@@H](Cc2ccc(-c3ccncc3Cl)cc2)C(=O)Nc2ccc(-c3nn[nH]n3)cc2)CC1. The van der Waals surface area contributed by atoms with E-state index in [2.05, 4.69) is 36.2 Å². The zero-order valence-electron chi connectivity index (χ0n) is 21.9. The Kier molecular flexibility index (Phi) is 8.78.